The molecule has 0 radical (unpaired) electrons. The summed E-state index contributed by atoms with van der Waals surface area (Å²) in [5.74, 6) is 0.282. The second kappa shape index (κ2) is 7.49. The van der Waals surface area contributed by atoms with E-state index < -0.39 is 0 Å². The van der Waals surface area contributed by atoms with E-state index in [-0.39, 0.29) is 17.4 Å². The van der Waals surface area contributed by atoms with Gasteiger partial charge in [0.2, 0.25) is 5.91 Å². The molecule has 0 unspecified atom stereocenters. The molecule has 0 aromatic carbocycles. The van der Waals surface area contributed by atoms with E-state index in [0.29, 0.717) is 0 Å². The predicted molar refractivity (Wildman–Crippen MR) is 76.5 cm³/mol. The van der Waals surface area contributed by atoms with Crippen molar-refractivity contribution in [2.45, 2.75) is 57.4 Å². The summed E-state index contributed by atoms with van der Waals surface area (Å²) in [4.78, 5) is 14.0. The molecule has 4 nitrogen and oxygen atoms in total. The Bertz CT molecular complexity index is 325. The Morgan fingerprint density at radius 3 is 2.47 bits per heavy atom. The number of unbranched alkanes of at least 4 members (excludes halogenated alkanes) is 2. The zero-order valence-electron chi connectivity index (χ0n) is 12.5. The number of carbonyl (C=O) groups is 1. The molecule has 1 rings (SSSR count). The lowest BCUT2D eigenvalue weighted by atomic mass is 9.76. The van der Waals surface area contributed by atoms with Gasteiger partial charge in [0.25, 0.3) is 0 Å². The van der Waals surface area contributed by atoms with Crippen LogP contribution in [0.1, 0.15) is 51.9 Å². The second-order valence-electron chi connectivity index (χ2n) is 5.81. The number of rotatable bonds is 6. The summed E-state index contributed by atoms with van der Waals surface area (Å²) in [6.45, 7) is 2.95. The van der Waals surface area contributed by atoms with E-state index in [2.05, 4.69) is 18.3 Å². The van der Waals surface area contributed by atoms with Gasteiger partial charge < -0.3 is 5.32 Å². The van der Waals surface area contributed by atoms with Gasteiger partial charge in [0, 0.05) is 12.5 Å². The maximum absolute atomic E-state index is 12.0. The standard InChI is InChI=1S/C15H27N3O/c1-4-5-6-11-17-14(19)13-7-9-15(12-16,10-8-13)18(2)3/h13H,4-11H2,1-3H3,(H,17,19). The zero-order chi connectivity index (χ0) is 14.3. The summed E-state index contributed by atoms with van der Waals surface area (Å²) in [6, 6.07) is 2.43. The number of nitrogens with one attached hydrogen (secondary N) is 1. The summed E-state index contributed by atoms with van der Waals surface area (Å²) in [5.41, 5.74) is -0.362. The van der Waals surface area contributed by atoms with Gasteiger partial charge in [-0.2, -0.15) is 5.26 Å². The van der Waals surface area contributed by atoms with Crippen molar-refractivity contribution >= 4 is 5.91 Å². The van der Waals surface area contributed by atoms with Crippen LogP contribution in [0, 0.1) is 17.2 Å². The van der Waals surface area contributed by atoms with E-state index in [0.717, 1.165) is 38.6 Å². The van der Waals surface area contributed by atoms with E-state index in [9.17, 15) is 10.1 Å². The van der Waals surface area contributed by atoms with Crippen LogP contribution in [0.4, 0.5) is 0 Å². The highest BCUT2D eigenvalue weighted by Crippen LogP contribution is 2.34. The van der Waals surface area contributed by atoms with E-state index in [4.69, 9.17) is 0 Å². The molecule has 0 heterocycles. The number of amides is 1. The van der Waals surface area contributed by atoms with Crippen LogP contribution in [-0.2, 0) is 4.79 Å². The summed E-state index contributed by atoms with van der Waals surface area (Å²) in [6.07, 6.45) is 6.65. The molecule has 0 aliphatic heterocycles. The summed E-state index contributed by atoms with van der Waals surface area (Å²) in [7, 11) is 3.91. The molecule has 1 N–H and O–H groups in total. The molecule has 0 aromatic rings. The van der Waals surface area contributed by atoms with Gasteiger partial charge in [-0.05, 0) is 46.2 Å². The topological polar surface area (TPSA) is 56.1 Å². The van der Waals surface area contributed by atoms with Crippen molar-refractivity contribution in [3.63, 3.8) is 0 Å². The first kappa shape index (κ1) is 16.0. The molecule has 1 saturated carbocycles. The molecule has 0 spiro atoms. The lowest BCUT2D eigenvalue weighted by molar-refractivity contribution is -0.126. The number of carbonyl (C=O) groups excluding carboxylic acids is 1. The summed E-state index contributed by atoms with van der Waals surface area (Å²) < 4.78 is 0. The SMILES string of the molecule is CCCCCNC(=O)C1CCC(C#N)(N(C)C)CC1. The van der Waals surface area contributed by atoms with Gasteiger partial charge in [0.1, 0.15) is 5.54 Å². The van der Waals surface area contributed by atoms with E-state index in [1.54, 1.807) is 0 Å². The van der Waals surface area contributed by atoms with Crippen molar-refractivity contribution in [3.05, 3.63) is 0 Å². The van der Waals surface area contributed by atoms with Gasteiger partial charge in [0.15, 0.2) is 0 Å². The minimum atomic E-state index is -0.362. The van der Waals surface area contributed by atoms with Crippen molar-refractivity contribution in [3.8, 4) is 6.07 Å². The highest BCUT2D eigenvalue weighted by atomic mass is 16.1. The van der Waals surface area contributed by atoms with Crippen molar-refractivity contribution in [2.24, 2.45) is 5.92 Å². The fraction of sp³-hybridized carbons (Fsp3) is 0.867. The highest BCUT2D eigenvalue weighted by Gasteiger charge is 2.39. The third-order valence-corrected chi connectivity index (χ3v) is 4.33. The van der Waals surface area contributed by atoms with Gasteiger partial charge in [0.05, 0.1) is 6.07 Å². The van der Waals surface area contributed by atoms with Crippen LogP contribution >= 0.6 is 0 Å². The molecule has 0 saturated heterocycles. The average Bonchev–Trinajstić information content (AvgIpc) is 2.43. The van der Waals surface area contributed by atoms with Crippen LogP contribution < -0.4 is 5.32 Å². The molecule has 1 aliphatic rings. The molecule has 4 heteroatoms. The Kier molecular flexibility index (Phi) is 6.30. The number of nitriles is 1. The maximum atomic E-state index is 12.0. The molecule has 1 amide bonds. The van der Waals surface area contributed by atoms with Crippen LogP contribution in [-0.4, -0.2) is 37.0 Å². The minimum absolute atomic E-state index is 0.100. The predicted octanol–water partition coefficient (Wildman–Crippen LogP) is 2.31. The van der Waals surface area contributed by atoms with Gasteiger partial charge >= 0.3 is 0 Å². The molecular weight excluding hydrogens is 238 g/mol. The third kappa shape index (κ3) is 4.21. The van der Waals surface area contributed by atoms with Crippen LogP contribution in [0.25, 0.3) is 0 Å². The van der Waals surface area contributed by atoms with Crippen LogP contribution in [0.5, 0.6) is 0 Å². The monoisotopic (exact) mass is 265 g/mol. The lowest BCUT2D eigenvalue weighted by Gasteiger charge is -2.39. The molecule has 0 aromatic heterocycles. The van der Waals surface area contributed by atoms with Gasteiger partial charge in [-0.3, -0.25) is 9.69 Å². The second-order valence-corrected chi connectivity index (χ2v) is 5.81. The number of hydrogen-bond donors (Lipinski definition) is 1. The number of hydrogen-bond acceptors (Lipinski definition) is 3. The van der Waals surface area contributed by atoms with Crippen molar-refractivity contribution in [2.75, 3.05) is 20.6 Å². The van der Waals surface area contributed by atoms with E-state index >= 15 is 0 Å². The zero-order valence-corrected chi connectivity index (χ0v) is 12.5. The first-order valence-corrected chi connectivity index (χ1v) is 7.42. The molecule has 108 valence electrons. The highest BCUT2D eigenvalue weighted by molar-refractivity contribution is 5.78. The molecule has 1 aliphatic carbocycles. The van der Waals surface area contributed by atoms with Gasteiger partial charge in [-0.15, -0.1) is 0 Å². The average molecular weight is 265 g/mol. The Labute approximate surface area is 117 Å². The molecular formula is C15H27N3O. The van der Waals surface area contributed by atoms with E-state index in [1.165, 1.54) is 12.8 Å². The minimum Gasteiger partial charge on any atom is -0.356 e. The lowest BCUT2D eigenvalue weighted by Crippen LogP contribution is -2.47. The Morgan fingerprint density at radius 1 is 1.37 bits per heavy atom. The maximum Gasteiger partial charge on any atom is 0.223 e. The fourth-order valence-corrected chi connectivity index (χ4v) is 2.75. The first-order valence-electron chi connectivity index (χ1n) is 7.42. The molecule has 0 atom stereocenters. The summed E-state index contributed by atoms with van der Waals surface area (Å²) >= 11 is 0. The van der Waals surface area contributed by atoms with Crippen LogP contribution in [0.3, 0.4) is 0 Å². The Balaban J connectivity index is 2.37. The molecule has 1 fully saturated rings. The number of nitrogens with zero attached hydrogens (tertiary/aromatic N) is 2. The molecule has 19 heavy (non-hydrogen) atoms. The smallest absolute Gasteiger partial charge is 0.223 e. The normalized spacial score (nSPS) is 27.0. The van der Waals surface area contributed by atoms with Crippen molar-refractivity contribution in [1.29, 1.82) is 5.26 Å². The summed E-state index contributed by atoms with van der Waals surface area (Å²) in [5, 5.41) is 12.4. The quantitative estimate of drug-likeness (QED) is 0.750. The van der Waals surface area contributed by atoms with Crippen LogP contribution in [0.15, 0.2) is 0 Å². The van der Waals surface area contributed by atoms with E-state index in [1.807, 2.05) is 19.0 Å². The van der Waals surface area contributed by atoms with Crippen LogP contribution in [0.2, 0.25) is 0 Å². The Morgan fingerprint density at radius 2 is 2.00 bits per heavy atom. The van der Waals surface area contributed by atoms with Gasteiger partial charge in [-0.1, -0.05) is 19.8 Å². The Hall–Kier alpha value is -1.08. The third-order valence-electron chi connectivity index (χ3n) is 4.33. The molecule has 0 bridgehead atoms. The van der Waals surface area contributed by atoms with Crippen molar-refractivity contribution < 1.29 is 4.79 Å². The van der Waals surface area contributed by atoms with Gasteiger partial charge in [-0.25, -0.2) is 0 Å². The largest absolute Gasteiger partial charge is 0.356 e. The first-order chi connectivity index (χ1) is 9.05. The fourth-order valence-electron chi connectivity index (χ4n) is 2.75. The van der Waals surface area contributed by atoms with Crippen molar-refractivity contribution in [1.82, 2.24) is 10.2 Å².